The zero-order valence-corrected chi connectivity index (χ0v) is 12.3. The van der Waals surface area contributed by atoms with Crippen molar-refractivity contribution >= 4 is 11.8 Å². The standard InChI is InChI=1S/C17H22N2O2/c20-15(13-19-12-5-4-9-16(19)21)18-17(10-6-11-17)14-7-2-1-3-8-14/h1-3,7-8H,4-6,9-13H2,(H,18,20). The van der Waals surface area contributed by atoms with Crippen LogP contribution in [0.25, 0.3) is 0 Å². The summed E-state index contributed by atoms with van der Waals surface area (Å²) in [6, 6.07) is 10.2. The molecule has 4 nitrogen and oxygen atoms in total. The predicted molar refractivity (Wildman–Crippen MR) is 80.5 cm³/mol. The van der Waals surface area contributed by atoms with E-state index in [2.05, 4.69) is 17.4 Å². The van der Waals surface area contributed by atoms with Gasteiger partial charge < -0.3 is 10.2 Å². The molecule has 1 aliphatic heterocycles. The number of carbonyl (C=O) groups is 2. The van der Waals surface area contributed by atoms with E-state index >= 15 is 0 Å². The first-order valence-corrected chi connectivity index (χ1v) is 7.84. The van der Waals surface area contributed by atoms with E-state index in [1.165, 1.54) is 5.56 Å². The second kappa shape index (κ2) is 5.88. The van der Waals surface area contributed by atoms with Crippen molar-refractivity contribution in [2.24, 2.45) is 0 Å². The van der Waals surface area contributed by atoms with Crippen LogP contribution in [0, 0.1) is 0 Å². The van der Waals surface area contributed by atoms with Crippen LogP contribution in [0.1, 0.15) is 44.1 Å². The molecule has 1 heterocycles. The lowest BCUT2D eigenvalue weighted by Crippen LogP contribution is -2.54. The Hall–Kier alpha value is -1.84. The maximum absolute atomic E-state index is 12.3. The molecule has 0 bridgehead atoms. The molecule has 1 saturated carbocycles. The Kier molecular flexibility index (Phi) is 3.95. The van der Waals surface area contributed by atoms with E-state index in [1.54, 1.807) is 4.90 Å². The topological polar surface area (TPSA) is 49.4 Å². The van der Waals surface area contributed by atoms with Gasteiger partial charge in [-0.05, 0) is 37.7 Å². The first-order chi connectivity index (χ1) is 10.2. The molecule has 1 aromatic rings. The third kappa shape index (κ3) is 2.94. The summed E-state index contributed by atoms with van der Waals surface area (Å²) in [6.07, 6.45) is 5.64. The van der Waals surface area contributed by atoms with Crippen LogP contribution in [0.4, 0.5) is 0 Å². The molecule has 21 heavy (non-hydrogen) atoms. The zero-order chi connectivity index (χ0) is 14.7. The highest BCUT2D eigenvalue weighted by molar-refractivity contribution is 5.85. The van der Waals surface area contributed by atoms with Crippen LogP contribution in [0.15, 0.2) is 30.3 Å². The summed E-state index contributed by atoms with van der Waals surface area (Å²) in [6.45, 7) is 0.915. The van der Waals surface area contributed by atoms with E-state index in [1.807, 2.05) is 18.2 Å². The number of amides is 2. The average Bonchev–Trinajstić information content (AvgIpc) is 2.46. The first kappa shape index (κ1) is 14.1. The summed E-state index contributed by atoms with van der Waals surface area (Å²) in [7, 11) is 0. The highest BCUT2D eigenvalue weighted by Crippen LogP contribution is 2.41. The third-order valence-electron chi connectivity index (χ3n) is 4.67. The molecule has 1 N–H and O–H groups in total. The van der Waals surface area contributed by atoms with E-state index in [0.29, 0.717) is 13.0 Å². The van der Waals surface area contributed by atoms with E-state index in [-0.39, 0.29) is 23.9 Å². The number of benzene rings is 1. The third-order valence-corrected chi connectivity index (χ3v) is 4.67. The molecule has 0 aromatic heterocycles. The van der Waals surface area contributed by atoms with Crippen LogP contribution in [0.5, 0.6) is 0 Å². The first-order valence-electron chi connectivity index (χ1n) is 7.84. The summed E-state index contributed by atoms with van der Waals surface area (Å²) < 4.78 is 0. The van der Waals surface area contributed by atoms with Crippen molar-refractivity contribution in [2.75, 3.05) is 13.1 Å². The Balaban J connectivity index is 1.64. The second-order valence-corrected chi connectivity index (χ2v) is 6.12. The fraction of sp³-hybridized carbons (Fsp3) is 0.529. The van der Waals surface area contributed by atoms with Crippen molar-refractivity contribution < 1.29 is 9.59 Å². The molecule has 2 fully saturated rings. The Labute approximate surface area is 125 Å². The van der Waals surface area contributed by atoms with Gasteiger partial charge in [0.2, 0.25) is 11.8 Å². The van der Waals surface area contributed by atoms with Crippen molar-refractivity contribution in [1.82, 2.24) is 10.2 Å². The summed E-state index contributed by atoms with van der Waals surface area (Å²) in [5.41, 5.74) is 0.964. The lowest BCUT2D eigenvalue weighted by molar-refractivity contribution is -0.138. The van der Waals surface area contributed by atoms with Crippen LogP contribution in [0.3, 0.4) is 0 Å². The molecule has 1 aliphatic carbocycles. The Morgan fingerprint density at radius 2 is 1.90 bits per heavy atom. The van der Waals surface area contributed by atoms with Crippen LogP contribution < -0.4 is 5.32 Å². The van der Waals surface area contributed by atoms with Gasteiger partial charge in [-0.1, -0.05) is 30.3 Å². The Morgan fingerprint density at radius 1 is 1.14 bits per heavy atom. The van der Waals surface area contributed by atoms with Gasteiger partial charge in [0.1, 0.15) is 0 Å². The molecule has 2 amide bonds. The highest BCUT2D eigenvalue weighted by atomic mass is 16.2. The molecule has 1 aromatic carbocycles. The molecule has 112 valence electrons. The lowest BCUT2D eigenvalue weighted by atomic mass is 9.72. The summed E-state index contributed by atoms with van der Waals surface area (Å²) in [5.74, 6) is 0.0765. The molecule has 1 saturated heterocycles. The van der Waals surface area contributed by atoms with Crippen molar-refractivity contribution in [1.29, 1.82) is 0 Å². The lowest BCUT2D eigenvalue weighted by Gasteiger charge is -2.43. The van der Waals surface area contributed by atoms with Crippen molar-refractivity contribution in [3.8, 4) is 0 Å². The molecular formula is C17H22N2O2. The number of piperidine rings is 1. The predicted octanol–water partition coefficient (Wildman–Crippen LogP) is 2.19. The normalized spacial score (nSPS) is 20.8. The number of rotatable bonds is 4. The number of likely N-dealkylation sites (tertiary alicyclic amines) is 1. The monoisotopic (exact) mass is 286 g/mol. The zero-order valence-electron chi connectivity index (χ0n) is 12.3. The molecule has 0 radical (unpaired) electrons. The largest absolute Gasteiger partial charge is 0.345 e. The number of hydrogen-bond donors (Lipinski definition) is 1. The SMILES string of the molecule is O=C(CN1CCCCC1=O)NC1(c2ccccc2)CCC1. The number of hydrogen-bond acceptors (Lipinski definition) is 2. The minimum Gasteiger partial charge on any atom is -0.345 e. The summed E-state index contributed by atoms with van der Waals surface area (Å²) in [4.78, 5) is 25.8. The number of nitrogens with one attached hydrogen (secondary N) is 1. The van der Waals surface area contributed by atoms with Crippen molar-refractivity contribution in [3.63, 3.8) is 0 Å². The van der Waals surface area contributed by atoms with Gasteiger partial charge in [0.15, 0.2) is 0 Å². The van der Waals surface area contributed by atoms with Gasteiger partial charge >= 0.3 is 0 Å². The van der Waals surface area contributed by atoms with E-state index in [0.717, 1.165) is 32.1 Å². The van der Waals surface area contributed by atoms with Crippen molar-refractivity contribution in [3.05, 3.63) is 35.9 Å². The van der Waals surface area contributed by atoms with Gasteiger partial charge in [-0.2, -0.15) is 0 Å². The van der Waals surface area contributed by atoms with Gasteiger partial charge in [-0.15, -0.1) is 0 Å². The van der Waals surface area contributed by atoms with Gasteiger partial charge in [0, 0.05) is 13.0 Å². The molecule has 0 unspecified atom stereocenters. The minimum absolute atomic E-state index is 0.0335. The van der Waals surface area contributed by atoms with Gasteiger partial charge in [-0.25, -0.2) is 0 Å². The molecular weight excluding hydrogens is 264 g/mol. The molecule has 2 aliphatic rings. The second-order valence-electron chi connectivity index (χ2n) is 6.12. The van der Waals surface area contributed by atoms with E-state index < -0.39 is 0 Å². The smallest absolute Gasteiger partial charge is 0.240 e. The van der Waals surface area contributed by atoms with Crippen LogP contribution in [0.2, 0.25) is 0 Å². The van der Waals surface area contributed by atoms with Gasteiger partial charge in [0.05, 0.1) is 12.1 Å². The maximum Gasteiger partial charge on any atom is 0.240 e. The maximum atomic E-state index is 12.3. The highest BCUT2D eigenvalue weighted by Gasteiger charge is 2.40. The van der Waals surface area contributed by atoms with Gasteiger partial charge in [0.25, 0.3) is 0 Å². The number of carbonyl (C=O) groups excluding carboxylic acids is 2. The molecule has 3 rings (SSSR count). The summed E-state index contributed by atoms with van der Waals surface area (Å²) in [5, 5.41) is 3.18. The fourth-order valence-electron chi connectivity index (χ4n) is 3.28. The Morgan fingerprint density at radius 3 is 2.52 bits per heavy atom. The average molecular weight is 286 g/mol. The van der Waals surface area contributed by atoms with Crippen LogP contribution in [-0.2, 0) is 15.1 Å². The quantitative estimate of drug-likeness (QED) is 0.922. The fourth-order valence-corrected chi connectivity index (χ4v) is 3.28. The number of nitrogens with zero attached hydrogens (tertiary/aromatic N) is 1. The minimum atomic E-state index is -0.211. The van der Waals surface area contributed by atoms with Crippen LogP contribution >= 0.6 is 0 Å². The molecule has 0 atom stereocenters. The summed E-state index contributed by atoms with van der Waals surface area (Å²) >= 11 is 0. The van der Waals surface area contributed by atoms with Crippen LogP contribution in [-0.4, -0.2) is 29.8 Å². The molecule has 4 heteroatoms. The van der Waals surface area contributed by atoms with Gasteiger partial charge in [-0.3, -0.25) is 9.59 Å². The van der Waals surface area contributed by atoms with Crippen molar-refractivity contribution in [2.45, 2.75) is 44.1 Å². The van der Waals surface area contributed by atoms with E-state index in [9.17, 15) is 9.59 Å². The Bertz CT molecular complexity index is 523. The van der Waals surface area contributed by atoms with E-state index in [4.69, 9.17) is 0 Å². The molecule has 0 spiro atoms.